The van der Waals surface area contributed by atoms with E-state index >= 15 is 0 Å². The average Bonchev–Trinajstić information content (AvgIpc) is 2.64. The standard InChI is InChI=1S/C22H28FN3O2/c1-5-25(6-2)20-10-11-21(16(3)14-20)26(17(4)27)13-12-22(28)24-19-9-7-8-18(23)15-19/h7-11,14-15H,5-6,12-13H2,1-4H3,(H,24,28). The van der Waals surface area contributed by atoms with Crippen LogP contribution in [0.5, 0.6) is 0 Å². The van der Waals surface area contributed by atoms with E-state index in [0.717, 1.165) is 30.0 Å². The lowest BCUT2D eigenvalue weighted by molar-refractivity contribution is -0.117. The van der Waals surface area contributed by atoms with Crippen molar-refractivity contribution < 1.29 is 14.0 Å². The minimum atomic E-state index is -0.410. The Morgan fingerprint density at radius 1 is 1.07 bits per heavy atom. The fourth-order valence-corrected chi connectivity index (χ4v) is 3.18. The van der Waals surface area contributed by atoms with Crippen molar-refractivity contribution >= 4 is 28.9 Å². The summed E-state index contributed by atoms with van der Waals surface area (Å²) < 4.78 is 13.2. The van der Waals surface area contributed by atoms with Gasteiger partial charge in [-0.2, -0.15) is 0 Å². The van der Waals surface area contributed by atoms with Crippen LogP contribution in [0.4, 0.5) is 21.5 Å². The molecule has 0 spiro atoms. The zero-order chi connectivity index (χ0) is 20.7. The molecule has 28 heavy (non-hydrogen) atoms. The molecular formula is C22H28FN3O2. The normalized spacial score (nSPS) is 10.5. The maximum atomic E-state index is 13.2. The Morgan fingerprint density at radius 3 is 2.36 bits per heavy atom. The largest absolute Gasteiger partial charge is 0.372 e. The lowest BCUT2D eigenvalue weighted by Crippen LogP contribution is -2.32. The third-order valence-corrected chi connectivity index (χ3v) is 4.65. The van der Waals surface area contributed by atoms with Gasteiger partial charge >= 0.3 is 0 Å². The zero-order valence-electron chi connectivity index (χ0n) is 17.0. The van der Waals surface area contributed by atoms with Crippen molar-refractivity contribution in [2.75, 3.05) is 34.8 Å². The van der Waals surface area contributed by atoms with Gasteiger partial charge in [0.2, 0.25) is 11.8 Å². The van der Waals surface area contributed by atoms with Crippen molar-refractivity contribution in [3.63, 3.8) is 0 Å². The number of hydrogen-bond donors (Lipinski definition) is 1. The molecule has 0 aromatic heterocycles. The quantitative estimate of drug-likeness (QED) is 0.734. The van der Waals surface area contributed by atoms with Crippen LogP contribution in [0.1, 0.15) is 32.8 Å². The first kappa shape index (κ1) is 21.4. The van der Waals surface area contributed by atoms with Crippen molar-refractivity contribution in [2.24, 2.45) is 0 Å². The van der Waals surface area contributed by atoms with Crippen molar-refractivity contribution in [1.29, 1.82) is 0 Å². The first-order valence-electron chi connectivity index (χ1n) is 9.54. The summed E-state index contributed by atoms with van der Waals surface area (Å²) in [5, 5.41) is 2.66. The fourth-order valence-electron chi connectivity index (χ4n) is 3.18. The van der Waals surface area contributed by atoms with Crippen LogP contribution in [0, 0.1) is 12.7 Å². The highest BCUT2D eigenvalue weighted by molar-refractivity contribution is 5.95. The molecule has 2 rings (SSSR count). The highest BCUT2D eigenvalue weighted by atomic mass is 19.1. The number of hydrogen-bond acceptors (Lipinski definition) is 3. The molecule has 0 atom stereocenters. The molecule has 0 aliphatic rings. The van der Waals surface area contributed by atoms with E-state index in [9.17, 15) is 14.0 Å². The molecule has 0 saturated carbocycles. The number of carbonyl (C=O) groups is 2. The number of nitrogens with one attached hydrogen (secondary N) is 1. The third kappa shape index (κ3) is 5.55. The van der Waals surface area contributed by atoms with Crippen molar-refractivity contribution in [3.05, 3.63) is 53.8 Å². The minimum Gasteiger partial charge on any atom is -0.372 e. The van der Waals surface area contributed by atoms with E-state index < -0.39 is 5.82 Å². The summed E-state index contributed by atoms with van der Waals surface area (Å²) in [6.45, 7) is 9.73. The van der Waals surface area contributed by atoms with E-state index in [1.165, 1.54) is 25.1 Å². The van der Waals surface area contributed by atoms with Gasteiger partial charge in [-0.05, 0) is 62.7 Å². The Hall–Kier alpha value is -2.89. The van der Waals surface area contributed by atoms with Crippen LogP contribution in [0.2, 0.25) is 0 Å². The van der Waals surface area contributed by atoms with Gasteiger partial charge in [-0.25, -0.2) is 4.39 Å². The number of aryl methyl sites for hydroxylation is 1. The molecule has 6 heteroatoms. The molecule has 0 saturated heterocycles. The van der Waals surface area contributed by atoms with E-state index in [1.54, 1.807) is 11.0 Å². The Bertz CT molecular complexity index is 834. The summed E-state index contributed by atoms with van der Waals surface area (Å²) in [4.78, 5) is 28.2. The second kappa shape index (κ2) is 9.88. The monoisotopic (exact) mass is 385 g/mol. The summed E-state index contributed by atoms with van der Waals surface area (Å²) in [6, 6.07) is 11.7. The summed E-state index contributed by atoms with van der Waals surface area (Å²) in [7, 11) is 0. The molecule has 0 aliphatic carbocycles. The zero-order valence-corrected chi connectivity index (χ0v) is 17.0. The van der Waals surface area contributed by atoms with Gasteiger partial charge in [-0.3, -0.25) is 9.59 Å². The molecule has 2 aromatic carbocycles. The average molecular weight is 385 g/mol. The molecule has 2 amide bonds. The fraction of sp³-hybridized carbons (Fsp3) is 0.364. The van der Waals surface area contributed by atoms with Gasteiger partial charge in [-0.15, -0.1) is 0 Å². The number of halogens is 1. The minimum absolute atomic E-state index is 0.118. The summed E-state index contributed by atoms with van der Waals surface area (Å²) >= 11 is 0. The lowest BCUT2D eigenvalue weighted by Gasteiger charge is -2.26. The second-order valence-electron chi connectivity index (χ2n) is 6.62. The van der Waals surface area contributed by atoms with Crippen LogP contribution in [-0.2, 0) is 9.59 Å². The molecule has 0 radical (unpaired) electrons. The van der Waals surface area contributed by atoms with Crippen LogP contribution < -0.4 is 15.1 Å². The van der Waals surface area contributed by atoms with Gasteiger partial charge in [0.25, 0.3) is 0 Å². The molecule has 0 heterocycles. The number of rotatable bonds is 8. The van der Waals surface area contributed by atoms with Gasteiger partial charge in [0.15, 0.2) is 0 Å². The first-order chi connectivity index (χ1) is 13.3. The molecule has 0 unspecified atom stereocenters. The molecule has 0 aliphatic heterocycles. The summed E-state index contributed by atoms with van der Waals surface area (Å²) in [5.41, 5.74) is 3.28. The number of amides is 2. The topological polar surface area (TPSA) is 52.6 Å². The van der Waals surface area contributed by atoms with E-state index in [1.807, 2.05) is 19.1 Å². The summed E-state index contributed by atoms with van der Waals surface area (Å²) in [6.07, 6.45) is 0.118. The van der Waals surface area contributed by atoms with Crippen LogP contribution in [0.3, 0.4) is 0 Å². The van der Waals surface area contributed by atoms with E-state index in [4.69, 9.17) is 0 Å². The molecule has 2 aromatic rings. The van der Waals surface area contributed by atoms with Crippen LogP contribution in [0.25, 0.3) is 0 Å². The highest BCUT2D eigenvalue weighted by Crippen LogP contribution is 2.26. The molecule has 0 fully saturated rings. The maximum Gasteiger partial charge on any atom is 0.226 e. The molecule has 150 valence electrons. The maximum absolute atomic E-state index is 13.2. The van der Waals surface area contributed by atoms with Crippen LogP contribution in [-0.4, -0.2) is 31.4 Å². The number of benzene rings is 2. The van der Waals surface area contributed by atoms with Crippen LogP contribution in [0.15, 0.2) is 42.5 Å². The first-order valence-corrected chi connectivity index (χ1v) is 9.54. The molecular weight excluding hydrogens is 357 g/mol. The van der Waals surface area contributed by atoms with Gasteiger partial charge in [0.1, 0.15) is 5.82 Å². The number of nitrogens with zero attached hydrogens (tertiary/aromatic N) is 2. The number of carbonyl (C=O) groups excluding carboxylic acids is 2. The van der Waals surface area contributed by atoms with Gasteiger partial charge in [0.05, 0.1) is 0 Å². The Morgan fingerprint density at radius 2 is 1.79 bits per heavy atom. The van der Waals surface area contributed by atoms with E-state index in [2.05, 4.69) is 30.1 Å². The smallest absolute Gasteiger partial charge is 0.226 e. The van der Waals surface area contributed by atoms with Gasteiger partial charge < -0.3 is 15.1 Å². The van der Waals surface area contributed by atoms with E-state index in [0.29, 0.717) is 5.69 Å². The third-order valence-electron chi connectivity index (χ3n) is 4.65. The predicted octanol–water partition coefficient (Wildman–Crippen LogP) is 4.36. The Balaban J connectivity index is 2.09. The molecule has 0 bridgehead atoms. The van der Waals surface area contributed by atoms with Crippen LogP contribution >= 0.6 is 0 Å². The molecule has 5 nitrogen and oxygen atoms in total. The van der Waals surface area contributed by atoms with E-state index in [-0.39, 0.29) is 24.8 Å². The van der Waals surface area contributed by atoms with Crippen molar-refractivity contribution in [1.82, 2.24) is 0 Å². The highest BCUT2D eigenvalue weighted by Gasteiger charge is 2.16. The van der Waals surface area contributed by atoms with Gasteiger partial charge in [-0.1, -0.05) is 6.07 Å². The number of anilines is 3. The summed E-state index contributed by atoms with van der Waals surface area (Å²) in [5.74, 6) is -0.807. The van der Waals surface area contributed by atoms with Crippen molar-refractivity contribution in [2.45, 2.75) is 34.1 Å². The SMILES string of the molecule is CCN(CC)c1ccc(N(CCC(=O)Nc2cccc(F)c2)C(C)=O)c(C)c1. The van der Waals surface area contributed by atoms with Crippen molar-refractivity contribution in [3.8, 4) is 0 Å². The lowest BCUT2D eigenvalue weighted by atomic mass is 10.1. The van der Waals surface area contributed by atoms with Gasteiger partial charge in [0, 0.05) is 50.0 Å². The molecule has 1 N–H and O–H groups in total. The second-order valence-corrected chi connectivity index (χ2v) is 6.62. The predicted molar refractivity (Wildman–Crippen MR) is 112 cm³/mol. The Kier molecular flexibility index (Phi) is 7.55. The Labute approximate surface area is 166 Å².